The van der Waals surface area contributed by atoms with Crippen LogP contribution in [0.4, 0.5) is 0 Å². The summed E-state index contributed by atoms with van der Waals surface area (Å²) in [6.07, 6.45) is 2.00. The molecule has 0 amide bonds. The molecule has 0 spiro atoms. The van der Waals surface area contributed by atoms with Crippen LogP contribution in [0.3, 0.4) is 0 Å². The van der Waals surface area contributed by atoms with Gasteiger partial charge in [-0.3, -0.25) is 0 Å². The van der Waals surface area contributed by atoms with Crippen molar-refractivity contribution >= 4 is 34.7 Å². The maximum atomic E-state index is 10.0. The van der Waals surface area contributed by atoms with Gasteiger partial charge in [-0.15, -0.1) is 11.3 Å². The third kappa shape index (κ3) is 4.63. The molecule has 1 rings (SSSR count). The van der Waals surface area contributed by atoms with Crippen molar-refractivity contribution in [3.63, 3.8) is 0 Å². The van der Waals surface area contributed by atoms with Crippen molar-refractivity contribution in [2.45, 2.75) is 25.5 Å². The van der Waals surface area contributed by atoms with Gasteiger partial charge >= 0.3 is 0 Å². The monoisotopic (exact) mass is 279 g/mol. The molecule has 2 nitrogen and oxygen atoms in total. The Hall–Kier alpha value is 0.260. The molecule has 0 saturated heterocycles. The smallest absolute Gasteiger partial charge is 0.0931 e. The molecule has 0 fully saturated rings. The second-order valence-electron chi connectivity index (χ2n) is 4.22. The largest absolute Gasteiger partial charge is 0.388 e. The highest BCUT2D eigenvalue weighted by Gasteiger charge is 2.20. The Kier molecular flexibility index (Phi) is 5.61. The highest BCUT2D eigenvalue weighted by Crippen LogP contribution is 2.24. The van der Waals surface area contributed by atoms with Gasteiger partial charge in [-0.2, -0.15) is 11.8 Å². The predicted molar refractivity (Wildman–Crippen MR) is 74.8 cm³/mol. The van der Waals surface area contributed by atoms with E-state index in [1.807, 2.05) is 24.6 Å². The average Bonchev–Trinajstić information content (AvgIpc) is 2.61. The second kappa shape index (κ2) is 6.26. The zero-order chi connectivity index (χ0) is 12.2. The number of thiophene rings is 1. The molecule has 2 N–H and O–H groups in total. The minimum absolute atomic E-state index is 0.220. The molecule has 0 radical (unpaired) electrons. The first-order chi connectivity index (χ1) is 7.44. The fourth-order valence-electron chi connectivity index (χ4n) is 1.40. The fourth-order valence-corrected chi connectivity index (χ4v) is 3.11. The topological polar surface area (TPSA) is 32.3 Å². The van der Waals surface area contributed by atoms with E-state index in [4.69, 9.17) is 11.6 Å². The second-order valence-corrected chi connectivity index (χ2v) is 6.63. The van der Waals surface area contributed by atoms with E-state index < -0.39 is 5.60 Å². The van der Waals surface area contributed by atoms with Gasteiger partial charge < -0.3 is 10.4 Å². The SMILES string of the molecule is CSCC(C)(O)CNC(C)c1csc(Cl)c1. The van der Waals surface area contributed by atoms with Crippen LogP contribution in [0.25, 0.3) is 0 Å². The Bertz CT molecular complexity index is 328. The van der Waals surface area contributed by atoms with Crippen molar-refractivity contribution in [3.05, 3.63) is 21.3 Å². The standard InChI is InChI=1S/C11H18ClNOS2/c1-8(9-4-10(12)16-5-9)13-6-11(2,14)7-15-3/h4-5,8,13-14H,6-7H2,1-3H3. The molecule has 5 heteroatoms. The van der Waals surface area contributed by atoms with Crippen molar-refractivity contribution < 1.29 is 5.11 Å². The first-order valence-electron chi connectivity index (χ1n) is 5.13. The van der Waals surface area contributed by atoms with Crippen LogP contribution in [0.5, 0.6) is 0 Å². The van der Waals surface area contributed by atoms with Crippen molar-refractivity contribution in [2.24, 2.45) is 0 Å². The molecule has 0 aliphatic heterocycles. The summed E-state index contributed by atoms with van der Waals surface area (Å²) in [7, 11) is 0. The summed E-state index contributed by atoms with van der Waals surface area (Å²) in [5.74, 6) is 0.733. The molecule has 0 aliphatic rings. The number of nitrogens with one attached hydrogen (secondary N) is 1. The summed E-state index contributed by atoms with van der Waals surface area (Å²) in [4.78, 5) is 0. The molecular formula is C11H18ClNOS2. The number of aliphatic hydroxyl groups is 1. The molecule has 0 bridgehead atoms. The van der Waals surface area contributed by atoms with Gasteiger partial charge in [0.15, 0.2) is 0 Å². The lowest BCUT2D eigenvalue weighted by Gasteiger charge is -2.25. The Morgan fingerprint density at radius 3 is 2.88 bits per heavy atom. The van der Waals surface area contributed by atoms with Gasteiger partial charge in [-0.05, 0) is 37.1 Å². The lowest BCUT2D eigenvalue weighted by molar-refractivity contribution is 0.0821. The van der Waals surface area contributed by atoms with Crippen LogP contribution in [0.15, 0.2) is 11.4 Å². The predicted octanol–water partition coefficient (Wildman–Crippen LogP) is 3.17. The highest BCUT2D eigenvalue weighted by atomic mass is 35.5. The number of rotatable bonds is 6. The van der Waals surface area contributed by atoms with Crippen LogP contribution in [0.2, 0.25) is 4.34 Å². The molecule has 16 heavy (non-hydrogen) atoms. The summed E-state index contributed by atoms with van der Waals surface area (Å²) in [6, 6.07) is 2.18. The number of halogens is 1. The zero-order valence-corrected chi connectivity index (χ0v) is 12.2. The van der Waals surface area contributed by atoms with E-state index >= 15 is 0 Å². The van der Waals surface area contributed by atoms with Crippen molar-refractivity contribution in [3.8, 4) is 0 Å². The maximum absolute atomic E-state index is 10.0. The van der Waals surface area contributed by atoms with E-state index in [2.05, 4.69) is 12.2 Å². The summed E-state index contributed by atoms with van der Waals surface area (Å²) >= 11 is 9.07. The number of hydrogen-bond donors (Lipinski definition) is 2. The van der Waals surface area contributed by atoms with Gasteiger partial charge in [0.2, 0.25) is 0 Å². The minimum Gasteiger partial charge on any atom is -0.388 e. The van der Waals surface area contributed by atoms with Crippen LogP contribution >= 0.6 is 34.7 Å². The van der Waals surface area contributed by atoms with E-state index in [1.54, 1.807) is 11.8 Å². The molecule has 92 valence electrons. The van der Waals surface area contributed by atoms with E-state index in [-0.39, 0.29) is 6.04 Å². The number of hydrogen-bond acceptors (Lipinski definition) is 4. The molecule has 2 unspecified atom stereocenters. The van der Waals surface area contributed by atoms with Gasteiger partial charge in [0.25, 0.3) is 0 Å². The Morgan fingerprint density at radius 2 is 2.38 bits per heavy atom. The Morgan fingerprint density at radius 1 is 1.69 bits per heavy atom. The summed E-state index contributed by atoms with van der Waals surface area (Å²) in [6.45, 7) is 4.51. The van der Waals surface area contributed by atoms with Crippen LogP contribution in [-0.4, -0.2) is 29.3 Å². The molecule has 2 atom stereocenters. The lowest BCUT2D eigenvalue weighted by Crippen LogP contribution is -2.40. The molecule has 1 heterocycles. The van der Waals surface area contributed by atoms with E-state index in [1.165, 1.54) is 16.9 Å². The Balaban J connectivity index is 2.43. The quantitative estimate of drug-likeness (QED) is 0.839. The van der Waals surface area contributed by atoms with Crippen LogP contribution in [0, 0.1) is 0 Å². The third-order valence-electron chi connectivity index (χ3n) is 2.33. The van der Waals surface area contributed by atoms with E-state index in [0.717, 1.165) is 10.1 Å². The highest BCUT2D eigenvalue weighted by molar-refractivity contribution is 7.98. The van der Waals surface area contributed by atoms with Crippen molar-refractivity contribution in [2.75, 3.05) is 18.6 Å². The Labute approximate surface area is 110 Å². The first kappa shape index (κ1) is 14.3. The van der Waals surface area contributed by atoms with Crippen LogP contribution < -0.4 is 5.32 Å². The molecule has 0 aliphatic carbocycles. The molecular weight excluding hydrogens is 262 g/mol. The van der Waals surface area contributed by atoms with Gasteiger partial charge in [-0.1, -0.05) is 11.6 Å². The minimum atomic E-state index is -0.659. The van der Waals surface area contributed by atoms with Crippen molar-refractivity contribution in [1.29, 1.82) is 0 Å². The van der Waals surface area contributed by atoms with Gasteiger partial charge in [0, 0.05) is 18.3 Å². The summed E-state index contributed by atoms with van der Waals surface area (Å²) < 4.78 is 0.805. The average molecular weight is 280 g/mol. The molecule has 1 aromatic rings. The van der Waals surface area contributed by atoms with Crippen LogP contribution in [0.1, 0.15) is 25.5 Å². The lowest BCUT2D eigenvalue weighted by atomic mass is 10.1. The van der Waals surface area contributed by atoms with E-state index in [9.17, 15) is 5.11 Å². The van der Waals surface area contributed by atoms with E-state index in [0.29, 0.717) is 6.54 Å². The van der Waals surface area contributed by atoms with Crippen molar-refractivity contribution in [1.82, 2.24) is 5.32 Å². The fraction of sp³-hybridized carbons (Fsp3) is 0.636. The molecule has 0 aromatic carbocycles. The first-order valence-corrected chi connectivity index (χ1v) is 7.78. The van der Waals surface area contributed by atoms with Gasteiger partial charge in [-0.25, -0.2) is 0 Å². The molecule has 1 aromatic heterocycles. The normalized spacial score (nSPS) is 17.1. The molecule has 0 saturated carbocycles. The number of thioether (sulfide) groups is 1. The van der Waals surface area contributed by atoms with Gasteiger partial charge in [0.1, 0.15) is 0 Å². The summed E-state index contributed by atoms with van der Waals surface area (Å²) in [5, 5.41) is 15.4. The third-order valence-corrected chi connectivity index (χ3v) is 4.35. The zero-order valence-electron chi connectivity index (χ0n) is 9.79. The van der Waals surface area contributed by atoms with Crippen LogP contribution in [-0.2, 0) is 0 Å². The maximum Gasteiger partial charge on any atom is 0.0931 e. The van der Waals surface area contributed by atoms with Gasteiger partial charge in [0.05, 0.1) is 9.94 Å². The summed E-state index contributed by atoms with van der Waals surface area (Å²) in [5.41, 5.74) is 0.517.